The third-order valence-electron chi connectivity index (χ3n) is 2.72. The summed E-state index contributed by atoms with van der Waals surface area (Å²) in [6.07, 6.45) is 1.70. The molecule has 0 aliphatic carbocycles. The maximum atomic E-state index is 11.8. The van der Waals surface area contributed by atoms with E-state index >= 15 is 0 Å². The van der Waals surface area contributed by atoms with Crippen LogP contribution in [0.1, 0.15) is 18.9 Å². The lowest BCUT2D eigenvalue weighted by atomic mass is 10.1. The Morgan fingerprint density at radius 3 is 2.52 bits per heavy atom. The molecule has 6 nitrogen and oxygen atoms in total. The van der Waals surface area contributed by atoms with Gasteiger partial charge in [0.25, 0.3) is 0 Å². The number of nitrogens with zero attached hydrogens (tertiary/aromatic N) is 2. The number of thiazole rings is 1. The number of likely N-dealkylation sites (N-methyl/N-ethyl adjacent to an activating group) is 1. The highest BCUT2D eigenvalue weighted by Gasteiger charge is 2.18. The Hall–Kier alpha value is -0.890. The summed E-state index contributed by atoms with van der Waals surface area (Å²) in [4.78, 5) is 29.1. The van der Waals surface area contributed by atoms with Crippen LogP contribution >= 0.6 is 36.2 Å². The summed E-state index contributed by atoms with van der Waals surface area (Å²) in [5.41, 5.74) is 5.69. The molecule has 1 atom stereocenters. The number of rotatable bonds is 6. The Kier molecular flexibility index (Phi) is 11.5. The monoisotopic (exact) mass is 356 g/mol. The van der Waals surface area contributed by atoms with Crippen molar-refractivity contribution in [3.8, 4) is 0 Å². The summed E-state index contributed by atoms with van der Waals surface area (Å²) >= 11 is 1.49. The van der Waals surface area contributed by atoms with Gasteiger partial charge in [-0.25, -0.2) is 4.98 Å². The number of hydrogen-bond acceptors (Lipinski definition) is 5. The molecule has 0 unspecified atom stereocenters. The first kappa shape index (κ1) is 22.4. The summed E-state index contributed by atoms with van der Waals surface area (Å²) in [6, 6.07) is -0.586. The van der Waals surface area contributed by atoms with Crippen molar-refractivity contribution in [3.05, 3.63) is 16.6 Å². The van der Waals surface area contributed by atoms with Crippen molar-refractivity contribution in [1.82, 2.24) is 15.2 Å². The van der Waals surface area contributed by atoms with E-state index in [9.17, 15) is 9.59 Å². The molecule has 0 saturated carbocycles. The first-order chi connectivity index (χ1) is 8.91. The molecule has 1 heterocycles. The average molecular weight is 357 g/mol. The number of amides is 2. The fourth-order valence-corrected chi connectivity index (χ4v) is 2.01. The molecule has 21 heavy (non-hydrogen) atoms. The number of halogens is 2. The van der Waals surface area contributed by atoms with Gasteiger partial charge in [-0.05, 0) is 5.92 Å². The normalized spacial score (nSPS) is 11.1. The Bertz CT molecular complexity index is 429. The van der Waals surface area contributed by atoms with Crippen LogP contribution in [0.4, 0.5) is 0 Å². The zero-order valence-electron chi connectivity index (χ0n) is 12.2. The maximum Gasteiger partial charge on any atom is 0.242 e. The van der Waals surface area contributed by atoms with Crippen molar-refractivity contribution in [3.63, 3.8) is 0 Å². The smallest absolute Gasteiger partial charge is 0.242 e. The van der Waals surface area contributed by atoms with Crippen molar-refractivity contribution >= 4 is 48.0 Å². The van der Waals surface area contributed by atoms with Crippen molar-refractivity contribution in [1.29, 1.82) is 0 Å². The van der Waals surface area contributed by atoms with Gasteiger partial charge in [0.15, 0.2) is 0 Å². The second-order valence-corrected chi connectivity index (χ2v) is 5.64. The quantitative estimate of drug-likeness (QED) is 0.796. The lowest BCUT2D eigenvalue weighted by Crippen LogP contribution is -2.47. The molecule has 0 radical (unpaired) electrons. The standard InChI is InChI=1S/C12H20N4O2S.2ClH/c1-8(2)11(13)12(18)15-6-10(17)16(3)7-9-14-4-5-19-9;;/h4-5,8,11H,6-7,13H2,1-3H3,(H,15,18);2*1H/t11-;;/m0../s1. The van der Waals surface area contributed by atoms with Gasteiger partial charge in [0.2, 0.25) is 11.8 Å². The summed E-state index contributed by atoms with van der Waals surface area (Å²) in [7, 11) is 1.68. The molecule has 0 aliphatic heterocycles. The van der Waals surface area contributed by atoms with Crippen LogP contribution in [-0.2, 0) is 16.1 Å². The lowest BCUT2D eigenvalue weighted by Gasteiger charge is -2.18. The molecule has 122 valence electrons. The van der Waals surface area contributed by atoms with Crippen LogP contribution in [-0.4, -0.2) is 41.3 Å². The zero-order chi connectivity index (χ0) is 14.4. The van der Waals surface area contributed by atoms with E-state index in [1.165, 1.54) is 16.2 Å². The van der Waals surface area contributed by atoms with Gasteiger partial charge < -0.3 is 16.0 Å². The van der Waals surface area contributed by atoms with Gasteiger partial charge in [-0.3, -0.25) is 9.59 Å². The van der Waals surface area contributed by atoms with Crippen LogP contribution < -0.4 is 11.1 Å². The largest absolute Gasteiger partial charge is 0.346 e. The summed E-state index contributed by atoms with van der Waals surface area (Å²) < 4.78 is 0. The highest BCUT2D eigenvalue weighted by atomic mass is 35.5. The maximum absolute atomic E-state index is 11.8. The van der Waals surface area contributed by atoms with Crippen LogP contribution in [0.2, 0.25) is 0 Å². The number of nitrogens with two attached hydrogens (primary N) is 1. The predicted molar refractivity (Wildman–Crippen MR) is 88.9 cm³/mol. The van der Waals surface area contributed by atoms with Gasteiger partial charge in [0.05, 0.1) is 19.1 Å². The summed E-state index contributed by atoms with van der Waals surface area (Å²) in [5.74, 6) is -0.423. The lowest BCUT2D eigenvalue weighted by molar-refractivity contribution is -0.132. The molecule has 1 aromatic rings. The van der Waals surface area contributed by atoms with Gasteiger partial charge >= 0.3 is 0 Å². The molecule has 0 fully saturated rings. The molecular weight excluding hydrogens is 335 g/mol. The van der Waals surface area contributed by atoms with E-state index in [1.54, 1.807) is 13.2 Å². The molecular formula is C12H22Cl2N4O2S. The van der Waals surface area contributed by atoms with Gasteiger partial charge in [0, 0.05) is 18.6 Å². The summed E-state index contributed by atoms with van der Waals surface area (Å²) in [6.45, 7) is 4.13. The molecule has 3 N–H and O–H groups in total. The van der Waals surface area contributed by atoms with Crippen molar-refractivity contribution in [2.24, 2.45) is 11.7 Å². The van der Waals surface area contributed by atoms with Crippen molar-refractivity contribution in [2.75, 3.05) is 13.6 Å². The van der Waals surface area contributed by atoms with Crippen LogP contribution in [0, 0.1) is 5.92 Å². The highest BCUT2D eigenvalue weighted by molar-refractivity contribution is 7.09. The zero-order valence-corrected chi connectivity index (χ0v) is 14.7. The van der Waals surface area contributed by atoms with Crippen molar-refractivity contribution in [2.45, 2.75) is 26.4 Å². The Balaban J connectivity index is 0. The first-order valence-corrected chi connectivity index (χ1v) is 6.95. The van der Waals surface area contributed by atoms with Crippen LogP contribution in [0.5, 0.6) is 0 Å². The second-order valence-electron chi connectivity index (χ2n) is 4.66. The number of aromatic nitrogens is 1. The van der Waals surface area contributed by atoms with Gasteiger partial charge in [0.1, 0.15) is 5.01 Å². The van der Waals surface area contributed by atoms with E-state index in [0.29, 0.717) is 6.54 Å². The molecule has 2 amide bonds. The molecule has 9 heteroatoms. The molecule has 0 aromatic carbocycles. The first-order valence-electron chi connectivity index (χ1n) is 6.07. The predicted octanol–water partition coefficient (Wildman–Crippen LogP) is 1.04. The topological polar surface area (TPSA) is 88.3 Å². The molecule has 0 bridgehead atoms. The number of nitrogens with one attached hydrogen (secondary N) is 1. The summed E-state index contributed by atoms with van der Waals surface area (Å²) in [5, 5.41) is 5.27. The fourth-order valence-electron chi connectivity index (χ4n) is 1.34. The highest BCUT2D eigenvalue weighted by Crippen LogP contribution is 2.06. The fraction of sp³-hybridized carbons (Fsp3) is 0.583. The Morgan fingerprint density at radius 1 is 1.43 bits per heavy atom. The average Bonchev–Trinajstić information content (AvgIpc) is 2.86. The molecule has 1 aromatic heterocycles. The van der Waals surface area contributed by atoms with E-state index in [2.05, 4.69) is 10.3 Å². The van der Waals surface area contributed by atoms with Gasteiger partial charge in [-0.15, -0.1) is 36.2 Å². The second kappa shape index (κ2) is 10.8. The van der Waals surface area contributed by atoms with Crippen LogP contribution in [0.15, 0.2) is 11.6 Å². The van der Waals surface area contributed by atoms with E-state index < -0.39 is 6.04 Å². The Morgan fingerprint density at radius 2 is 2.05 bits per heavy atom. The van der Waals surface area contributed by atoms with E-state index in [0.717, 1.165) is 5.01 Å². The molecule has 1 rings (SSSR count). The number of carbonyl (C=O) groups excluding carboxylic acids is 2. The van der Waals surface area contributed by atoms with Crippen molar-refractivity contribution < 1.29 is 9.59 Å². The van der Waals surface area contributed by atoms with Crippen LogP contribution in [0.25, 0.3) is 0 Å². The molecule has 0 aliphatic rings. The minimum absolute atomic E-state index is 0. The molecule has 0 saturated heterocycles. The van der Waals surface area contributed by atoms with Gasteiger partial charge in [-0.2, -0.15) is 0 Å². The van der Waals surface area contributed by atoms with Gasteiger partial charge in [-0.1, -0.05) is 13.8 Å². The Labute approximate surface area is 141 Å². The van der Waals surface area contributed by atoms with E-state index in [4.69, 9.17) is 5.73 Å². The number of carbonyl (C=O) groups is 2. The minimum atomic E-state index is -0.586. The van der Waals surface area contributed by atoms with Crippen LogP contribution in [0.3, 0.4) is 0 Å². The third-order valence-corrected chi connectivity index (χ3v) is 3.48. The SMILES string of the molecule is CC(C)[C@H](N)C(=O)NCC(=O)N(C)Cc1nccs1.Cl.Cl. The third kappa shape index (κ3) is 7.61. The van der Waals surface area contributed by atoms with E-state index in [1.807, 2.05) is 19.2 Å². The molecule has 0 spiro atoms. The van der Waals surface area contributed by atoms with E-state index in [-0.39, 0.29) is 49.1 Å². The number of hydrogen-bond donors (Lipinski definition) is 2. The minimum Gasteiger partial charge on any atom is -0.346 e.